The summed E-state index contributed by atoms with van der Waals surface area (Å²) in [6.07, 6.45) is 1.68. The van der Waals surface area contributed by atoms with E-state index in [-0.39, 0.29) is 0 Å². The van der Waals surface area contributed by atoms with Gasteiger partial charge in [0.1, 0.15) is 17.8 Å². The van der Waals surface area contributed by atoms with Crippen molar-refractivity contribution in [2.24, 2.45) is 0 Å². The first-order chi connectivity index (χ1) is 12.2. The van der Waals surface area contributed by atoms with Crippen molar-refractivity contribution in [1.82, 2.24) is 14.8 Å². The minimum Gasteiger partial charge on any atom is -0.495 e. The van der Waals surface area contributed by atoms with Crippen molar-refractivity contribution in [2.75, 3.05) is 19.5 Å². The second-order valence-corrected chi connectivity index (χ2v) is 7.28. The Kier molecular flexibility index (Phi) is 6.23. The van der Waals surface area contributed by atoms with Gasteiger partial charge in [-0.2, -0.15) is 0 Å². The van der Waals surface area contributed by atoms with E-state index in [1.165, 1.54) is 0 Å². The van der Waals surface area contributed by atoms with Gasteiger partial charge in [0.15, 0.2) is 5.16 Å². The van der Waals surface area contributed by atoms with Gasteiger partial charge in [-0.05, 0) is 46.3 Å². The molecule has 0 unspecified atom stereocenters. The van der Waals surface area contributed by atoms with Crippen LogP contribution in [0.4, 0.5) is 0 Å². The lowest BCUT2D eigenvalue weighted by atomic mass is 10.3. The molecule has 0 saturated carbocycles. The summed E-state index contributed by atoms with van der Waals surface area (Å²) >= 11 is 10.9. The molecule has 0 aliphatic carbocycles. The zero-order valence-corrected chi connectivity index (χ0v) is 16.5. The topological polar surface area (TPSA) is 49.2 Å². The van der Waals surface area contributed by atoms with Gasteiger partial charge in [0.2, 0.25) is 0 Å². The fourth-order valence-corrected chi connectivity index (χ4v) is 3.73. The Hall–Kier alpha value is -1.70. The third kappa shape index (κ3) is 4.48. The SMILES string of the molecule is COc1ccccc1-n1cnnc1SCCOc1ccc(Cl)cc1Br. The maximum atomic E-state index is 5.93. The number of halogens is 2. The smallest absolute Gasteiger partial charge is 0.195 e. The average molecular weight is 441 g/mol. The number of aromatic nitrogens is 3. The van der Waals surface area contributed by atoms with Gasteiger partial charge in [-0.3, -0.25) is 4.57 Å². The molecule has 1 heterocycles. The van der Waals surface area contributed by atoms with Crippen molar-refractivity contribution in [3.8, 4) is 17.2 Å². The summed E-state index contributed by atoms with van der Waals surface area (Å²) < 4.78 is 13.9. The minimum atomic E-state index is 0.531. The summed E-state index contributed by atoms with van der Waals surface area (Å²) in [7, 11) is 1.65. The zero-order chi connectivity index (χ0) is 17.6. The number of para-hydroxylation sites is 2. The molecule has 3 aromatic rings. The van der Waals surface area contributed by atoms with Crippen molar-refractivity contribution in [3.63, 3.8) is 0 Å². The first-order valence-electron chi connectivity index (χ1n) is 7.43. The number of thioether (sulfide) groups is 1. The molecule has 5 nitrogen and oxygen atoms in total. The number of ether oxygens (including phenoxy) is 2. The Morgan fingerprint density at radius 1 is 1.20 bits per heavy atom. The van der Waals surface area contributed by atoms with E-state index >= 15 is 0 Å². The third-order valence-electron chi connectivity index (χ3n) is 3.33. The summed E-state index contributed by atoms with van der Waals surface area (Å²) in [5, 5.41) is 9.63. The number of benzene rings is 2. The molecule has 2 aromatic carbocycles. The molecule has 0 aliphatic rings. The molecule has 130 valence electrons. The monoisotopic (exact) mass is 439 g/mol. The highest BCUT2D eigenvalue weighted by Gasteiger charge is 2.11. The van der Waals surface area contributed by atoms with Crippen LogP contribution in [0.5, 0.6) is 11.5 Å². The molecule has 0 radical (unpaired) electrons. The van der Waals surface area contributed by atoms with Crippen molar-refractivity contribution >= 4 is 39.3 Å². The number of hydrogen-bond donors (Lipinski definition) is 0. The first-order valence-corrected chi connectivity index (χ1v) is 9.59. The minimum absolute atomic E-state index is 0.531. The van der Waals surface area contributed by atoms with Crippen molar-refractivity contribution in [2.45, 2.75) is 5.16 Å². The lowest BCUT2D eigenvalue weighted by Gasteiger charge is -2.11. The summed E-state index contributed by atoms with van der Waals surface area (Å²) in [4.78, 5) is 0. The van der Waals surface area contributed by atoms with Gasteiger partial charge in [0.05, 0.1) is 23.9 Å². The Morgan fingerprint density at radius 3 is 2.84 bits per heavy atom. The molecule has 0 N–H and O–H groups in total. The van der Waals surface area contributed by atoms with Gasteiger partial charge < -0.3 is 9.47 Å². The molecule has 1 aromatic heterocycles. The third-order valence-corrected chi connectivity index (χ3v) is 5.09. The molecule has 3 rings (SSSR count). The van der Waals surface area contributed by atoms with Crippen LogP contribution in [0.1, 0.15) is 0 Å². The van der Waals surface area contributed by atoms with Gasteiger partial charge >= 0.3 is 0 Å². The molecule has 0 saturated heterocycles. The van der Waals surface area contributed by atoms with Gasteiger partial charge in [-0.1, -0.05) is 35.5 Å². The highest BCUT2D eigenvalue weighted by atomic mass is 79.9. The quantitative estimate of drug-likeness (QED) is 0.388. The molecular weight excluding hydrogens is 426 g/mol. The number of methoxy groups -OCH3 is 1. The van der Waals surface area contributed by atoms with Crippen LogP contribution in [0.2, 0.25) is 5.02 Å². The Labute approximate surface area is 163 Å². The molecule has 0 fully saturated rings. The van der Waals surface area contributed by atoms with Crippen molar-refractivity contribution < 1.29 is 9.47 Å². The normalized spacial score (nSPS) is 10.7. The fourth-order valence-electron chi connectivity index (χ4n) is 2.19. The van der Waals surface area contributed by atoms with Crippen LogP contribution in [0.25, 0.3) is 5.69 Å². The number of nitrogens with zero attached hydrogens (tertiary/aromatic N) is 3. The lowest BCUT2D eigenvalue weighted by Crippen LogP contribution is -2.03. The van der Waals surface area contributed by atoms with E-state index in [0.717, 1.165) is 32.6 Å². The van der Waals surface area contributed by atoms with Crippen LogP contribution < -0.4 is 9.47 Å². The predicted molar refractivity (Wildman–Crippen MR) is 103 cm³/mol. The van der Waals surface area contributed by atoms with Crippen molar-refractivity contribution in [3.05, 3.63) is 58.3 Å². The average Bonchev–Trinajstić information content (AvgIpc) is 3.08. The molecule has 8 heteroatoms. The highest BCUT2D eigenvalue weighted by molar-refractivity contribution is 9.10. The van der Waals surface area contributed by atoms with Crippen LogP contribution in [0, 0.1) is 0 Å². The summed E-state index contributed by atoms with van der Waals surface area (Å²) in [5.74, 6) is 2.25. The van der Waals surface area contributed by atoms with Crippen LogP contribution in [-0.4, -0.2) is 34.2 Å². The van der Waals surface area contributed by atoms with E-state index in [4.69, 9.17) is 21.1 Å². The van der Waals surface area contributed by atoms with Gasteiger partial charge in [0.25, 0.3) is 0 Å². The second kappa shape index (κ2) is 8.60. The fraction of sp³-hybridized carbons (Fsp3) is 0.176. The molecule has 0 amide bonds. The molecule has 25 heavy (non-hydrogen) atoms. The van der Waals surface area contributed by atoms with E-state index in [2.05, 4.69) is 26.1 Å². The summed E-state index contributed by atoms with van der Waals surface area (Å²) in [6.45, 7) is 0.531. The molecule has 0 spiro atoms. The highest BCUT2D eigenvalue weighted by Crippen LogP contribution is 2.29. The second-order valence-electron chi connectivity index (χ2n) is 4.93. The maximum Gasteiger partial charge on any atom is 0.195 e. The summed E-state index contributed by atoms with van der Waals surface area (Å²) in [5.41, 5.74) is 0.902. The van der Waals surface area contributed by atoms with E-state index < -0.39 is 0 Å². The molecule has 0 aliphatic heterocycles. The van der Waals surface area contributed by atoms with E-state index in [9.17, 15) is 0 Å². The van der Waals surface area contributed by atoms with Crippen molar-refractivity contribution in [1.29, 1.82) is 0 Å². The Balaban J connectivity index is 1.62. The largest absolute Gasteiger partial charge is 0.495 e. The van der Waals surface area contributed by atoms with Crippen LogP contribution in [0.3, 0.4) is 0 Å². The van der Waals surface area contributed by atoms with E-state index in [1.54, 1.807) is 31.3 Å². The van der Waals surface area contributed by atoms with Crippen LogP contribution >= 0.6 is 39.3 Å². The summed E-state index contributed by atoms with van der Waals surface area (Å²) in [6, 6.07) is 13.2. The first kappa shape index (κ1) is 18.1. The van der Waals surface area contributed by atoms with Gasteiger partial charge in [-0.25, -0.2) is 0 Å². The maximum absolute atomic E-state index is 5.93. The van der Waals surface area contributed by atoms with E-state index in [0.29, 0.717) is 11.6 Å². The Morgan fingerprint density at radius 2 is 2.04 bits per heavy atom. The van der Waals surface area contributed by atoms with Crippen LogP contribution in [-0.2, 0) is 0 Å². The molecular formula is C17H15BrClN3O2S. The van der Waals surface area contributed by atoms with Gasteiger partial charge in [0, 0.05) is 10.8 Å². The number of hydrogen-bond acceptors (Lipinski definition) is 5. The zero-order valence-electron chi connectivity index (χ0n) is 13.4. The van der Waals surface area contributed by atoms with Crippen LogP contribution in [0.15, 0.2) is 58.4 Å². The Bertz CT molecular complexity index is 859. The van der Waals surface area contributed by atoms with Gasteiger partial charge in [-0.15, -0.1) is 10.2 Å². The molecule has 0 atom stereocenters. The molecule has 0 bridgehead atoms. The standard InChI is InChI=1S/C17H15BrClN3O2S/c1-23-16-5-3-2-4-14(16)22-11-20-21-17(22)25-9-8-24-15-7-6-12(19)10-13(15)18/h2-7,10-11H,8-9H2,1H3. The lowest BCUT2D eigenvalue weighted by molar-refractivity contribution is 0.341. The predicted octanol–water partition coefficient (Wildman–Crippen LogP) is 4.86. The number of rotatable bonds is 7. The van der Waals surface area contributed by atoms with E-state index in [1.807, 2.05) is 41.0 Å².